The number of hydrazone groups is 1. The molecule has 1 unspecified atom stereocenters. The van der Waals surface area contributed by atoms with Gasteiger partial charge in [-0.2, -0.15) is 5.10 Å². The summed E-state index contributed by atoms with van der Waals surface area (Å²) >= 11 is 2.95. The second-order valence-electron chi connectivity index (χ2n) is 10.7. The van der Waals surface area contributed by atoms with Crippen molar-refractivity contribution in [1.82, 2.24) is 25.1 Å². The van der Waals surface area contributed by atoms with Gasteiger partial charge in [0.05, 0.1) is 35.3 Å². The van der Waals surface area contributed by atoms with Crippen molar-refractivity contribution in [2.45, 2.75) is 44.4 Å². The van der Waals surface area contributed by atoms with Crippen molar-refractivity contribution in [3.8, 4) is 5.69 Å². The quantitative estimate of drug-likeness (QED) is 0.186. The molecule has 0 saturated carbocycles. The molecule has 1 atom stereocenters. The van der Waals surface area contributed by atoms with Gasteiger partial charge in [0.1, 0.15) is 0 Å². The second kappa shape index (κ2) is 13.4. The molecular weight excluding hydrogens is 589 g/mol. The minimum atomic E-state index is -0.175. The van der Waals surface area contributed by atoms with E-state index in [9.17, 15) is 9.59 Å². The molecule has 1 aliphatic heterocycles. The van der Waals surface area contributed by atoms with Crippen LogP contribution in [0.3, 0.4) is 0 Å². The van der Waals surface area contributed by atoms with Gasteiger partial charge in [-0.1, -0.05) is 90.1 Å². The maximum Gasteiger partial charge on any atom is 0.253 e. The predicted octanol–water partition coefficient (Wildman–Crippen LogP) is 6.27. The Hall–Kier alpha value is -4.54. The molecule has 44 heavy (non-hydrogen) atoms. The molecule has 0 radical (unpaired) electrons. The number of thiophene rings is 1. The number of nitrogens with one attached hydrogen (secondary N) is 1. The van der Waals surface area contributed by atoms with Crippen molar-refractivity contribution in [2.24, 2.45) is 5.10 Å². The number of hydrogen-bond donors (Lipinski definition) is 1. The van der Waals surface area contributed by atoms with Crippen molar-refractivity contribution < 1.29 is 9.59 Å². The van der Waals surface area contributed by atoms with Crippen molar-refractivity contribution in [1.29, 1.82) is 0 Å². The van der Waals surface area contributed by atoms with Crippen LogP contribution in [0.2, 0.25) is 0 Å². The van der Waals surface area contributed by atoms with E-state index in [0.717, 1.165) is 33.0 Å². The largest absolute Gasteiger partial charge is 0.348 e. The lowest BCUT2D eigenvalue weighted by Crippen LogP contribution is -2.28. The van der Waals surface area contributed by atoms with E-state index in [0.29, 0.717) is 17.4 Å². The van der Waals surface area contributed by atoms with Gasteiger partial charge in [-0.15, -0.1) is 21.5 Å². The molecule has 5 aromatic rings. The van der Waals surface area contributed by atoms with Gasteiger partial charge in [0.2, 0.25) is 5.91 Å². The van der Waals surface area contributed by atoms with Gasteiger partial charge in [-0.3, -0.25) is 14.2 Å². The zero-order chi connectivity index (χ0) is 30.5. The molecule has 0 aliphatic carbocycles. The van der Waals surface area contributed by atoms with E-state index in [-0.39, 0.29) is 36.6 Å². The van der Waals surface area contributed by atoms with Gasteiger partial charge in [0.15, 0.2) is 11.0 Å². The maximum atomic E-state index is 13.8. The van der Waals surface area contributed by atoms with Gasteiger partial charge in [0.25, 0.3) is 5.91 Å². The fourth-order valence-corrected chi connectivity index (χ4v) is 6.67. The van der Waals surface area contributed by atoms with Crippen LogP contribution in [0.15, 0.2) is 107 Å². The fraction of sp³-hybridized carbons (Fsp3) is 0.206. The molecule has 3 aromatic carbocycles. The van der Waals surface area contributed by atoms with Crippen LogP contribution in [0.5, 0.6) is 0 Å². The van der Waals surface area contributed by atoms with Crippen LogP contribution in [-0.2, 0) is 22.6 Å². The van der Waals surface area contributed by atoms with Crippen LogP contribution in [0, 0.1) is 13.8 Å². The van der Waals surface area contributed by atoms with Gasteiger partial charge < -0.3 is 5.32 Å². The lowest BCUT2D eigenvalue weighted by atomic mass is 10.00. The molecule has 1 aliphatic rings. The highest BCUT2D eigenvalue weighted by molar-refractivity contribution is 7.99. The lowest BCUT2D eigenvalue weighted by Gasteiger charge is -2.22. The number of carbonyl (C=O) groups excluding carboxylic acids is 2. The number of rotatable bonds is 10. The highest BCUT2D eigenvalue weighted by Crippen LogP contribution is 2.35. The zero-order valence-electron chi connectivity index (χ0n) is 24.5. The van der Waals surface area contributed by atoms with E-state index in [2.05, 4.69) is 46.7 Å². The van der Waals surface area contributed by atoms with Crippen molar-refractivity contribution >= 4 is 40.6 Å². The number of nitrogens with zero attached hydrogens (tertiary/aromatic N) is 5. The Morgan fingerprint density at radius 2 is 1.75 bits per heavy atom. The molecule has 222 valence electrons. The fourth-order valence-electron chi connectivity index (χ4n) is 5.13. The van der Waals surface area contributed by atoms with Crippen molar-refractivity contribution in [3.05, 3.63) is 129 Å². The number of benzene rings is 3. The van der Waals surface area contributed by atoms with E-state index in [1.165, 1.54) is 17.3 Å². The summed E-state index contributed by atoms with van der Waals surface area (Å²) in [4.78, 5) is 27.5. The van der Waals surface area contributed by atoms with Crippen LogP contribution < -0.4 is 5.32 Å². The van der Waals surface area contributed by atoms with Crippen LogP contribution >= 0.6 is 23.1 Å². The Bertz CT molecular complexity index is 1780. The summed E-state index contributed by atoms with van der Waals surface area (Å²) in [6, 6.07) is 29.8. The molecule has 0 fully saturated rings. The first-order valence-corrected chi connectivity index (χ1v) is 16.3. The van der Waals surface area contributed by atoms with E-state index in [1.807, 2.05) is 83.6 Å². The SMILES string of the molecule is Cc1ccc(C2CC(c3cccs3)=NN2C(=O)CSc2nnc(CNC(=O)Cc3ccccc3)n2-c2cccc(C)c2)cc1. The molecule has 8 nitrogen and oxygen atoms in total. The van der Waals surface area contributed by atoms with E-state index in [4.69, 9.17) is 5.10 Å². The average Bonchev–Trinajstić information content (AvgIpc) is 3.80. The highest BCUT2D eigenvalue weighted by atomic mass is 32.2. The summed E-state index contributed by atoms with van der Waals surface area (Å²) in [6.07, 6.45) is 0.938. The van der Waals surface area contributed by atoms with Gasteiger partial charge in [-0.25, -0.2) is 5.01 Å². The van der Waals surface area contributed by atoms with Gasteiger partial charge >= 0.3 is 0 Å². The van der Waals surface area contributed by atoms with E-state index < -0.39 is 0 Å². The van der Waals surface area contributed by atoms with Crippen LogP contribution in [0.1, 0.15) is 45.4 Å². The number of amides is 2. The number of hydrogen-bond acceptors (Lipinski definition) is 7. The molecule has 0 bridgehead atoms. The summed E-state index contributed by atoms with van der Waals surface area (Å²) in [5, 5.41) is 20.9. The molecular formula is C34H32N6O2S2. The Morgan fingerprint density at radius 1 is 0.932 bits per heavy atom. The number of aromatic nitrogens is 3. The third-order valence-corrected chi connectivity index (χ3v) is 9.20. The summed E-state index contributed by atoms with van der Waals surface area (Å²) in [5.74, 6) is 0.510. The Balaban J connectivity index is 1.21. The molecule has 2 amide bonds. The first-order valence-electron chi connectivity index (χ1n) is 14.4. The molecule has 6 rings (SSSR count). The normalized spacial score (nSPS) is 14.5. The van der Waals surface area contributed by atoms with Gasteiger partial charge in [-0.05, 0) is 54.1 Å². The summed E-state index contributed by atoms with van der Waals surface area (Å²) < 4.78 is 1.91. The minimum absolute atomic E-state index is 0.102. The minimum Gasteiger partial charge on any atom is -0.348 e. The molecule has 0 saturated heterocycles. The summed E-state index contributed by atoms with van der Waals surface area (Å²) in [7, 11) is 0. The monoisotopic (exact) mass is 620 g/mol. The average molecular weight is 621 g/mol. The molecule has 2 aromatic heterocycles. The Labute approximate surface area is 264 Å². The van der Waals surface area contributed by atoms with Crippen LogP contribution in [0.4, 0.5) is 0 Å². The Kier molecular flexibility index (Phi) is 8.99. The highest BCUT2D eigenvalue weighted by Gasteiger charge is 2.33. The third-order valence-electron chi connectivity index (χ3n) is 7.37. The first-order chi connectivity index (χ1) is 21.4. The first kappa shape index (κ1) is 29.5. The Morgan fingerprint density at radius 3 is 2.50 bits per heavy atom. The third kappa shape index (κ3) is 6.82. The zero-order valence-corrected chi connectivity index (χ0v) is 26.1. The van der Waals surface area contributed by atoms with Crippen LogP contribution in [-0.4, -0.2) is 43.1 Å². The van der Waals surface area contributed by atoms with Gasteiger partial charge in [0, 0.05) is 12.1 Å². The van der Waals surface area contributed by atoms with Crippen molar-refractivity contribution in [2.75, 3.05) is 5.75 Å². The predicted molar refractivity (Wildman–Crippen MR) is 175 cm³/mol. The standard InChI is InChI=1S/C34H32N6O2S2/c1-23-13-15-26(16-14-23)29-20-28(30-12-7-17-43-30)38-40(29)33(42)22-44-34-37-36-31(39(34)27-11-6-8-24(2)18-27)21-35-32(41)19-25-9-4-3-5-10-25/h3-18,29H,19-22H2,1-2H3,(H,35,41). The maximum absolute atomic E-state index is 13.8. The number of carbonyl (C=O) groups is 2. The molecule has 0 spiro atoms. The lowest BCUT2D eigenvalue weighted by molar-refractivity contribution is -0.130. The smallest absolute Gasteiger partial charge is 0.253 e. The summed E-state index contributed by atoms with van der Waals surface area (Å²) in [6.45, 7) is 4.28. The molecule has 1 N–H and O–H groups in total. The second-order valence-corrected chi connectivity index (χ2v) is 12.6. The van der Waals surface area contributed by atoms with Crippen LogP contribution in [0.25, 0.3) is 5.69 Å². The molecule has 10 heteroatoms. The number of aryl methyl sites for hydroxylation is 2. The van der Waals surface area contributed by atoms with Crippen molar-refractivity contribution in [3.63, 3.8) is 0 Å². The number of thioether (sulfide) groups is 1. The topological polar surface area (TPSA) is 92.5 Å². The van der Waals surface area contributed by atoms with E-state index in [1.54, 1.807) is 16.3 Å². The summed E-state index contributed by atoms with van der Waals surface area (Å²) in [5.41, 5.74) is 6.03. The van der Waals surface area contributed by atoms with E-state index >= 15 is 0 Å². The molecule has 3 heterocycles.